The fourth-order valence-corrected chi connectivity index (χ4v) is 4.33. The van der Waals surface area contributed by atoms with Crippen LogP contribution in [0.15, 0.2) is 59.5 Å². The SMILES string of the molecule is CC(=O)Nc1ccc(SCC(=O)N2CC[NH+]([C@@H](C)c3ccccc3)CC2)cc1. The number of rotatable bonds is 6. The summed E-state index contributed by atoms with van der Waals surface area (Å²) in [6.07, 6.45) is 0. The first kappa shape index (κ1) is 20.4. The van der Waals surface area contributed by atoms with Crippen molar-refractivity contribution < 1.29 is 14.5 Å². The summed E-state index contributed by atoms with van der Waals surface area (Å²) in [5.74, 6) is 0.559. The number of quaternary nitrogens is 1. The van der Waals surface area contributed by atoms with Gasteiger partial charge in [-0.3, -0.25) is 9.59 Å². The summed E-state index contributed by atoms with van der Waals surface area (Å²) < 4.78 is 0. The van der Waals surface area contributed by atoms with Crippen LogP contribution in [-0.4, -0.2) is 48.6 Å². The summed E-state index contributed by atoms with van der Waals surface area (Å²) in [6, 6.07) is 18.6. The van der Waals surface area contributed by atoms with Crippen LogP contribution in [0.4, 0.5) is 5.69 Å². The van der Waals surface area contributed by atoms with Gasteiger partial charge in [-0.05, 0) is 31.2 Å². The van der Waals surface area contributed by atoms with Gasteiger partial charge in [0.15, 0.2) is 0 Å². The highest BCUT2D eigenvalue weighted by molar-refractivity contribution is 8.00. The van der Waals surface area contributed by atoms with E-state index in [-0.39, 0.29) is 11.8 Å². The number of nitrogens with zero attached hydrogens (tertiary/aromatic N) is 1. The number of nitrogens with one attached hydrogen (secondary N) is 2. The second-order valence-electron chi connectivity index (χ2n) is 7.17. The minimum absolute atomic E-state index is 0.0848. The Kier molecular flexibility index (Phi) is 7.12. The number of carbonyl (C=O) groups is 2. The van der Waals surface area contributed by atoms with E-state index < -0.39 is 0 Å². The summed E-state index contributed by atoms with van der Waals surface area (Å²) in [6.45, 7) is 7.35. The summed E-state index contributed by atoms with van der Waals surface area (Å²) >= 11 is 1.54. The number of carbonyl (C=O) groups excluding carboxylic acids is 2. The number of hydrogen-bond donors (Lipinski definition) is 2. The molecule has 0 unspecified atom stereocenters. The van der Waals surface area contributed by atoms with Gasteiger partial charge in [-0.1, -0.05) is 30.3 Å². The second kappa shape index (κ2) is 9.75. The van der Waals surface area contributed by atoms with Crippen molar-refractivity contribution in [2.75, 3.05) is 37.2 Å². The summed E-state index contributed by atoms with van der Waals surface area (Å²) in [4.78, 5) is 28.2. The maximum atomic E-state index is 12.6. The number of benzene rings is 2. The zero-order valence-corrected chi connectivity index (χ0v) is 17.3. The molecule has 1 saturated heterocycles. The highest BCUT2D eigenvalue weighted by Gasteiger charge is 2.27. The Bertz CT molecular complexity index is 787. The van der Waals surface area contributed by atoms with Crippen molar-refractivity contribution in [3.05, 3.63) is 60.2 Å². The smallest absolute Gasteiger partial charge is 0.233 e. The van der Waals surface area contributed by atoms with Gasteiger partial charge in [-0.25, -0.2) is 0 Å². The molecule has 2 aromatic rings. The van der Waals surface area contributed by atoms with Crippen LogP contribution in [0, 0.1) is 0 Å². The van der Waals surface area contributed by atoms with Crippen molar-refractivity contribution in [1.29, 1.82) is 0 Å². The minimum atomic E-state index is -0.0848. The van der Waals surface area contributed by atoms with Crippen molar-refractivity contribution in [3.8, 4) is 0 Å². The lowest BCUT2D eigenvalue weighted by Crippen LogP contribution is -3.14. The van der Waals surface area contributed by atoms with Gasteiger partial charge >= 0.3 is 0 Å². The highest BCUT2D eigenvalue weighted by atomic mass is 32.2. The second-order valence-corrected chi connectivity index (χ2v) is 8.21. The molecule has 0 saturated carbocycles. The van der Waals surface area contributed by atoms with Crippen LogP contribution in [0.3, 0.4) is 0 Å². The Balaban J connectivity index is 1.44. The Morgan fingerprint density at radius 1 is 1.07 bits per heavy atom. The van der Waals surface area contributed by atoms with Crippen LogP contribution in [-0.2, 0) is 9.59 Å². The third-order valence-corrected chi connectivity index (χ3v) is 6.20. The van der Waals surface area contributed by atoms with Gasteiger partial charge < -0.3 is 15.1 Å². The number of anilines is 1. The predicted octanol–water partition coefficient (Wildman–Crippen LogP) is 2.23. The van der Waals surface area contributed by atoms with Crippen LogP contribution in [0.5, 0.6) is 0 Å². The molecule has 1 aliphatic heterocycles. The normalized spacial score (nSPS) is 15.9. The van der Waals surface area contributed by atoms with Gasteiger partial charge in [0.2, 0.25) is 11.8 Å². The first-order valence-electron chi connectivity index (χ1n) is 9.70. The average molecular weight is 399 g/mol. The molecule has 0 spiro atoms. The number of thioether (sulfide) groups is 1. The van der Waals surface area contributed by atoms with Crippen molar-refractivity contribution in [1.82, 2.24) is 4.90 Å². The van der Waals surface area contributed by atoms with Crippen molar-refractivity contribution >= 4 is 29.3 Å². The number of amides is 2. The van der Waals surface area contributed by atoms with Gasteiger partial charge in [-0.15, -0.1) is 11.8 Å². The van der Waals surface area contributed by atoms with E-state index in [2.05, 4.69) is 36.5 Å². The lowest BCUT2D eigenvalue weighted by atomic mass is 10.1. The molecule has 5 nitrogen and oxygen atoms in total. The molecule has 0 aliphatic carbocycles. The van der Waals surface area contributed by atoms with Crippen molar-refractivity contribution in [2.24, 2.45) is 0 Å². The molecule has 0 radical (unpaired) electrons. The molecule has 28 heavy (non-hydrogen) atoms. The van der Waals surface area contributed by atoms with E-state index in [9.17, 15) is 9.59 Å². The number of hydrogen-bond acceptors (Lipinski definition) is 3. The van der Waals surface area contributed by atoms with Crippen LogP contribution in [0.25, 0.3) is 0 Å². The Hall–Kier alpha value is -2.31. The van der Waals surface area contributed by atoms with Crippen LogP contribution in [0.2, 0.25) is 0 Å². The van der Waals surface area contributed by atoms with E-state index in [1.54, 1.807) is 11.8 Å². The van der Waals surface area contributed by atoms with Gasteiger partial charge in [0.25, 0.3) is 0 Å². The van der Waals surface area contributed by atoms with Gasteiger partial charge in [0.1, 0.15) is 6.04 Å². The fourth-order valence-electron chi connectivity index (χ4n) is 3.53. The Morgan fingerprint density at radius 3 is 2.32 bits per heavy atom. The molecular formula is C22H28N3O2S+. The van der Waals surface area contributed by atoms with E-state index >= 15 is 0 Å². The van der Waals surface area contributed by atoms with E-state index in [0.717, 1.165) is 36.8 Å². The zero-order valence-electron chi connectivity index (χ0n) is 16.5. The van der Waals surface area contributed by atoms with E-state index in [0.29, 0.717) is 11.8 Å². The third-order valence-electron chi connectivity index (χ3n) is 5.21. The van der Waals surface area contributed by atoms with E-state index in [4.69, 9.17) is 0 Å². The van der Waals surface area contributed by atoms with Crippen LogP contribution in [0.1, 0.15) is 25.5 Å². The largest absolute Gasteiger partial charge is 0.331 e. The molecule has 2 N–H and O–H groups in total. The number of piperazine rings is 1. The lowest BCUT2D eigenvalue weighted by molar-refractivity contribution is -0.933. The van der Waals surface area contributed by atoms with Gasteiger partial charge in [-0.2, -0.15) is 0 Å². The molecule has 1 atom stereocenters. The molecule has 2 aromatic carbocycles. The fraction of sp³-hybridized carbons (Fsp3) is 0.364. The standard InChI is InChI=1S/C22H27N3O2S/c1-17(19-6-4-3-5-7-19)24-12-14-25(15-13-24)22(27)16-28-21-10-8-20(9-11-21)23-18(2)26/h3-11,17H,12-16H2,1-2H3,(H,23,26)/p+1/t17-/m0/s1. The van der Waals surface area contributed by atoms with Crippen LogP contribution < -0.4 is 10.2 Å². The van der Waals surface area contributed by atoms with Gasteiger partial charge in [0.05, 0.1) is 31.9 Å². The molecule has 3 rings (SSSR count). The minimum Gasteiger partial charge on any atom is -0.331 e. The Morgan fingerprint density at radius 2 is 1.71 bits per heavy atom. The van der Waals surface area contributed by atoms with Crippen molar-refractivity contribution in [3.63, 3.8) is 0 Å². The first-order valence-corrected chi connectivity index (χ1v) is 10.7. The van der Waals surface area contributed by atoms with Gasteiger partial charge in [0, 0.05) is 23.1 Å². The molecular weight excluding hydrogens is 370 g/mol. The molecule has 6 heteroatoms. The highest BCUT2D eigenvalue weighted by Crippen LogP contribution is 2.21. The molecule has 2 amide bonds. The third kappa shape index (κ3) is 5.59. The quantitative estimate of drug-likeness (QED) is 0.734. The average Bonchev–Trinajstić information content (AvgIpc) is 2.73. The molecule has 1 aliphatic rings. The monoisotopic (exact) mass is 398 g/mol. The maximum Gasteiger partial charge on any atom is 0.233 e. The Labute approximate surface area is 171 Å². The molecule has 0 aromatic heterocycles. The predicted molar refractivity (Wildman–Crippen MR) is 114 cm³/mol. The molecule has 148 valence electrons. The topological polar surface area (TPSA) is 53.9 Å². The van der Waals surface area contributed by atoms with Crippen molar-refractivity contribution in [2.45, 2.75) is 24.8 Å². The zero-order chi connectivity index (χ0) is 19.9. The molecule has 1 fully saturated rings. The van der Waals surface area contributed by atoms with E-state index in [1.807, 2.05) is 35.2 Å². The van der Waals surface area contributed by atoms with E-state index in [1.165, 1.54) is 17.4 Å². The first-order chi connectivity index (χ1) is 13.5. The summed E-state index contributed by atoms with van der Waals surface area (Å²) in [5, 5.41) is 2.75. The molecule has 0 bridgehead atoms. The lowest BCUT2D eigenvalue weighted by Gasteiger charge is -2.35. The maximum absolute atomic E-state index is 12.6. The van der Waals surface area contributed by atoms with Crippen LogP contribution >= 0.6 is 11.8 Å². The molecule has 1 heterocycles. The summed E-state index contributed by atoms with van der Waals surface area (Å²) in [7, 11) is 0. The summed E-state index contributed by atoms with van der Waals surface area (Å²) in [5.41, 5.74) is 2.13.